The first-order valence-corrected chi connectivity index (χ1v) is 5.62. The maximum Gasteiger partial charge on any atom is 0.222 e. The second kappa shape index (κ2) is 7.65. The Morgan fingerprint density at radius 3 is 1.88 bits per heavy atom. The third-order valence-corrected chi connectivity index (χ3v) is 2.12. The van der Waals surface area contributed by atoms with Crippen molar-refractivity contribution in [1.29, 1.82) is 0 Å². The van der Waals surface area contributed by atoms with Gasteiger partial charge < -0.3 is 16.0 Å². The minimum Gasteiger partial charge on any atom is -0.359 e. The standard InChI is InChI=1S/C11H21N3O3/c1-7(13-9(3)15)6-11(17)14-8(2)5-10(16)12-4/h7-8H,5-6H2,1-4H3,(H,12,16)(H,13,15)(H,14,17). The summed E-state index contributed by atoms with van der Waals surface area (Å²) in [5.74, 6) is -0.459. The van der Waals surface area contributed by atoms with Gasteiger partial charge in [-0.2, -0.15) is 0 Å². The number of hydrogen-bond acceptors (Lipinski definition) is 3. The highest BCUT2D eigenvalue weighted by atomic mass is 16.2. The fourth-order valence-corrected chi connectivity index (χ4v) is 1.44. The van der Waals surface area contributed by atoms with Crippen molar-refractivity contribution in [2.75, 3.05) is 7.05 Å². The van der Waals surface area contributed by atoms with E-state index >= 15 is 0 Å². The normalized spacial score (nSPS) is 13.4. The number of rotatable bonds is 6. The first-order chi connectivity index (χ1) is 7.85. The Balaban J connectivity index is 3.92. The van der Waals surface area contributed by atoms with E-state index in [9.17, 15) is 14.4 Å². The highest BCUT2D eigenvalue weighted by molar-refractivity contribution is 5.80. The molecule has 0 aliphatic carbocycles. The van der Waals surface area contributed by atoms with Gasteiger partial charge in [0.1, 0.15) is 0 Å². The second-order valence-electron chi connectivity index (χ2n) is 4.15. The number of amides is 3. The van der Waals surface area contributed by atoms with Crippen LogP contribution in [-0.4, -0.2) is 36.9 Å². The molecule has 0 aliphatic heterocycles. The Morgan fingerprint density at radius 1 is 0.941 bits per heavy atom. The number of carbonyl (C=O) groups is 3. The highest BCUT2D eigenvalue weighted by Gasteiger charge is 2.13. The van der Waals surface area contributed by atoms with Crippen LogP contribution in [0, 0.1) is 0 Å². The van der Waals surface area contributed by atoms with Gasteiger partial charge in [0.05, 0.1) is 0 Å². The molecule has 6 nitrogen and oxygen atoms in total. The summed E-state index contributed by atoms with van der Waals surface area (Å²) in [6, 6.07) is -0.424. The minimum atomic E-state index is -0.216. The third-order valence-electron chi connectivity index (χ3n) is 2.12. The first-order valence-electron chi connectivity index (χ1n) is 5.62. The van der Waals surface area contributed by atoms with E-state index in [2.05, 4.69) is 16.0 Å². The fourth-order valence-electron chi connectivity index (χ4n) is 1.44. The molecule has 0 aromatic carbocycles. The van der Waals surface area contributed by atoms with Crippen molar-refractivity contribution in [3.63, 3.8) is 0 Å². The molecule has 0 aliphatic rings. The van der Waals surface area contributed by atoms with Crippen molar-refractivity contribution in [2.24, 2.45) is 0 Å². The lowest BCUT2D eigenvalue weighted by atomic mass is 10.2. The van der Waals surface area contributed by atoms with Crippen molar-refractivity contribution in [2.45, 2.75) is 45.7 Å². The molecule has 3 amide bonds. The van der Waals surface area contributed by atoms with Gasteiger partial charge in [-0.15, -0.1) is 0 Å². The average molecular weight is 243 g/mol. The summed E-state index contributed by atoms with van der Waals surface area (Å²) in [6.45, 7) is 4.92. The molecule has 0 radical (unpaired) electrons. The van der Waals surface area contributed by atoms with E-state index in [1.807, 2.05) is 0 Å². The van der Waals surface area contributed by atoms with E-state index in [1.165, 1.54) is 6.92 Å². The van der Waals surface area contributed by atoms with E-state index in [0.29, 0.717) is 0 Å². The zero-order chi connectivity index (χ0) is 13.4. The molecule has 0 saturated carbocycles. The zero-order valence-corrected chi connectivity index (χ0v) is 10.8. The lowest BCUT2D eigenvalue weighted by Gasteiger charge is -2.16. The van der Waals surface area contributed by atoms with Gasteiger partial charge in [0.2, 0.25) is 17.7 Å². The summed E-state index contributed by atoms with van der Waals surface area (Å²) in [4.78, 5) is 33.3. The van der Waals surface area contributed by atoms with Crippen LogP contribution in [0.25, 0.3) is 0 Å². The zero-order valence-electron chi connectivity index (χ0n) is 10.8. The van der Waals surface area contributed by atoms with E-state index in [0.717, 1.165) is 0 Å². The molecule has 0 saturated heterocycles. The number of carbonyl (C=O) groups excluding carboxylic acids is 3. The van der Waals surface area contributed by atoms with Crippen molar-refractivity contribution < 1.29 is 14.4 Å². The smallest absolute Gasteiger partial charge is 0.222 e. The van der Waals surface area contributed by atoms with Crippen LogP contribution in [-0.2, 0) is 14.4 Å². The van der Waals surface area contributed by atoms with E-state index in [1.54, 1.807) is 20.9 Å². The lowest BCUT2D eigenvalue weighted by Crippen LogP contribution is -2.40. The molecule has 0 rings (SSSR count). The van der Waals surface area contributed by atoms with Crippen molar-refractivity contribution >= 4 is 17.7 Å². The van der Waals surface area contributed by atoms with Crippen LogP contribution in [0.4, 0.5) is 0 Å². The average Bonchev–Trinajstić information content (AvgIpc) is 2.14. The number of hydrogen-bond donors (Lipinski definition) is 3. The Bertz CT molecular complexity index is 292. The molecule has 0 bridgehead atoms. The Morgan fingerprint density at radius 2 is 1.41 bits per heavy atom. The van der Waals surface area contributed by atoms with E-state index < -0.39 is 0 Å². The summed E-state index contributed by atoms with van der Waals surface area (Å²) in [6.07, 6.45) is 0.453. The number of nitrogens with one attached hydrogen (secondary N) is 3. The molecule has 0 fully saturated rings. The third kappa shape index (κ3) is 8.24. The second-order valence-corrected chi connectivity index (χ2v) is 4.15. The molecule has 0 aromatic rings. The quantitative estimate of drug-likeness (QED) is 0.590. The molecule has 6 heteroatoms. The van der Waals surface area contributed by atoms with Gasteiger partial charge in [-0.05, 0) is 13.8 Å². The summed E-state index contributed by atoms with van der Waals surface area (Å²) < 4.78 is 0. The van der Waals surface area contributed by atoms with Crippen LogP contribution < -0.4 is 16.0 Å². The van der Waals surface area contributed by atoms with Gasteiger partial charge in [-0.25, -0.2) is 0 Å². The largest absolute Gasteiger partial charge is 0.359 e. The highest BCUT2D eigenvalue weighted by Crippen LogP contribution is 1.95. The summed E-state index contributed by atoms with van der Waals surface area (Å²) in [5, 5.41) is 7.81. The van der Waals surface area contributed by atoms with Gasteiger partial charge in [-0.3, -0.25) is 14.4 Å². The van der Waals surface area contributed by atoms with Gasteiger partial charge in [-0.1, -0.05) is 0 Å². The Kier molecular flexibility index (Phi) is 6.93. The van der Waals surface area contributed by atoms with Crippen molar-refractivity contribution in [3.8, 4) is 0 Å². The Labute approximate surface area is 102 Å². The van der Waals surface area contributed by atoms with Gasteiger partial charge in [0, 0.05) is 38.9 Å². The maximum absolute atomic E-state index is 11.5. The minimum absolute atomic E-state index is 0.118. The molecule has 98 valence electrons. The summed E-state index contributed by atoms with van der Waals surface area (Å²) >= 11 is 0. The predicted molar refractivity (Wildman–Crippen MR) is 64.2 cm³/mol. The molecule has 17 heavy (non-hydrogen) atoms. The van der Waals surface area contributed by atoms with E-state index in [4.69, 9.17) is 0 Å². The predicted octanol–water partition coefficient (Wildman–Crippen LogP) is -0.458. The van der Waals surface area contributed by atoms with Gasteiger partial charge >= 0.3 is 0 Å². The maximum atomic E-state index is 11.5. The van der Waals surface area contributed by atoms with Crippen LogP contribution in [0.3, 0.4) is 0 Å². The van der Waals surface area contributed by atoms with Crippen LogP contribution >= 0.6 is 0 Å². The Hall–Kier alpha value is -1.59. The fraction of sp³-hybridized carbons (Fsp3) is 0.727. The molecule has 2 atom stereocenters. The monoisotopic (exact) mass is 243 g/mol. The molecule has 2 unspecified atom stereocenters. The van der Waals surface area contributed by atoms with Crippen LogP contribution in [0.5, 0.6) is 0 Å². The molecular formula is C11H21N3O3. The summed E-state index contributed by atoms with van der Waals surface area (Å²) in [5.41, 5.74) is 0. The molecule has 0 aromatic heterocycles. The van der Waals surface area contributed by atoms with Crippen molar-refractivity contribution in [1.82, 2.24) is 16.0 Å². The van der Waals surface area contributed by atoms with Crippen LogP contribution in [0.1, 0.15) is 33.6 Å². The van der Waals surface area contributed by atoms with Crippen LogP contribution in [0.15, 0.2) is 0 Å². The summed E-state index contributed by atoms with van der Waals surface area (Å²) in [7, 11) is 1.55. The topological polar surface area (TPSA) is 87.3 Å². The SMILES string of the molecule is CNC(=O)CC(C)NC(=O)CC(C)NC(C)=O. The van der Waals surface area contributed by atoms with Crippen LogP contribution in [0.2, 0.25) is 0 Å². The van der Waals surface area contributed by atoms with Gasteiger partial charge in [0.15, 0.2) is 0 Å². The van der Waals surface area contributed by atoms with E-state index in [-0.39, 0.29) is 42.6 Å². The molecule has 3 N–H and O–H groups in total. The lowest BCUT2D eigenvalue weighted by molar-refractivity contribution is -0.123. The molecule has 0 heterocycles. The van der Waals surface area contributed by atoms with Gasteiger partial charge in [0.25, 0.3) is 0 Å². The van der Waals surface area contributed by atoms with Crippen molar-refractivity contribution in [3.05, 3.63) is 0 Å². The molecular weight excluding hydrogens is 222 g/mol. The first kappa shape index (κ1) is 15.4. The molecule has 0 spiro atoms.